The number of aliphatic hydroxyl groups is 1. The molecule has 4 aliphatic rings. The number of ether oxygens (including phenoxy) is 6. The van der Waals surface area contributed by atoms with Crippen LogP contribution in [0.4, 0.5) is 4.79 Å². The first-order valence-corrected chi connectivity index (χ1v) is 32.0. The fraction of sp³-hybridized carbons (Fsp3) is 0.821. The highest BCUT2D eigenvalue weighted by molar-refractivity contribution is 6.77. The van der Waals surface area contributed by atoms with Gasteiger partial charge in [0.2, 0.25) is 8.32 Å². The number of esters is 4. The average molecular weight is 1080 g/mol. The van der Waals surface area contributed by atoms with Gasteiger partial charge in [0.05, 0.1) is 30.1 Å². The number of hydrogen-bond acceptors (Lipinski definition) is 15. The highest BCUT2D eigenvalue weighted by Gasteiger charge is 2.79. The molecule has 0 aromatic rings. The molecule has 16 nitrogen and oxygen atoms in total. The molecule has 422 valence electrons. The molecule has 2 bridgehead atoms. The Balaban J connectivity index is 2.18. The molecule has 1 heterocycles. The highest BCUT2D eigenvalue weighted by Crippen LogP contribution is 2.65. The minimum Gasteiger partial charge on any atom is -0.456 e. The van der Waals surface area contributed by atoms with Crippen LogP contribution < -0.4 is 5.32 Å². The molecular weight excluding hydrogens is 983 g/mol. The Bertz CT molecular complexity index is 2120. The molecule has 0 radical (unpaired) electrons. The quantitative estimate of drug-likeness (QED) is 0.0382. The van der Waals surface area contributed by atoms with Crippen LogP contribution in [0, 0.1) is 22.7 Å². The predicted octanol–water partition coefficient (Wildman–Crippen LogP) is 10.4. The van der Waals surface area contributed by atoms with Crippen LogP contribution in [0.3, 0.4) is 0 Å². The number of alkyl carbamates (subject to hydrolysis) is 1. The maximum Gasteiger partial charge on any atom is 0.407 e. The zero-order valence-electron chi connectivity index (χ0n) is 49.1. The van der Waals surface area contributed by atoms with Crippen molar-refractivity contribution in [1.29, 1.82) is 0 Å². The van der Waals surface area contributed by atoms with Gasteiger partial charge in [-0.15, -0.1) is 0 Å². The molecule has 0 aromatic carbocycles. The number of ketones is 1. The summed E-state index contributed by atoms with van der Waals surface area (Å²) in [6.45, 7) is 40.3. The Morgan fingerprint density at radius 3 is 1.84 bits per heavy atom. The van der Waals surface area contributed by atoms with Gasteiger partial charge in [-0.3, -0.25) is 14.4 Å². The molecule has 1 saturated heterocycles. The number of fused-ring (bicyclic) bond motifs is 5. The molecule has 1 amide bonds. The van der Waals surface area contributed by atoms with E-state index in [1.807, 2.05) is 13.8 Å². The number of hydrogen-bond donors (Lipinski definition) is 2. The van der Waals surface area contributed by atoms with Crippen molar-refractivity contribution in [2.45, 2.75) is 266 Å². The molecule has 3 fully saturated rings. The summed E-state index contributed by atoms with van der Waals surface area (Å²) in [4.78, 5) is 87.5. The lowest BCUT2D eigenvalue weighted by molar-refractivity contribution is -0.345. The van der Waals surface area contributed by atoms with Crippen molar-refractivity contribution in [3.05, 3.63) is 22.8 Å². The van der Waals surface area contributed by atoms with Gasteiger partial charge in [0.25, 0.3) is 0 Å². The SMILES string of the molecule is CC[Si](CC)(CC)O[C@H]1C[C@H]2OC[C@@]2(OC(C)=O)C2C(OC(=O)C=C(C)C)[C@]3(O)C[C@H](OC(=O)[C@H](O[Si](C(C)C)(C(C)C)C(C)C)[C@H](CC(C)C)NC(=O)OC(C)(C)C)C(C)=C([C@@H](OC(C)=O)C(=O)[C@@]21C)C3(C)C. The third-order valence-corrected chi connectivity index (χ3v) is 27.9. The summed E-state index contributed by atoms with van der Waals surface area (Å²) in [7, 11) is -5.60. The summed E-state index contributed by atoms with van der Waals surface area (Å²) in [5.41, 5.74) is -7.15. The number of Topliss-reactive ketones (excluding diaryl/α,β-unsaturated/α-hetero) is 1. The van der Waals surface area contributed by atoms with Crippen LogP contribution in [-0.4, -0.2) is 124 Å². The first kappa shape index (κ1) is 63.1. The molecular formula is C56H95NO15Si2. The normalized spacial score (nSPS) is 29.7. The van der Waals surface area contributed by atoms with Gasteiger partial charge in [-0.1, -0.05) is 95.6 Å². The van der Waals surface area contributed by atoms with E-state index in [0.29, 0.717) is 29.3 Å². The number of rotatable bonds is 20. The lowest BCUT2D eigenvalue weighted by Crippen LogP contribution is -2.82. The van der Waals surface area contributed by atoms with E-state index >= 15 is 9.59 Å². The number of carbonyl (C=O) groups is 6. The van der Waals surface area contributed by atoms with Crippen molar-refractivity contribution < 1.29 is 71.1 Å². The van der Waals surface area contributed by atoms with E-state index in [9.17, 15) is 24.3 Å². The van der Waals surface area contributed by atoms with Crippen molar-refractivity contribution in [3.8, 4) is 0 Å². The van der Waals surface area contributed by atoms with Crippen molar-refractivity contribution in [2.75, 3.05) is 6.61 Å². The van der Waals surface area contributed by atoms with Crippen molar-refractivity contribution in [3.63, 3.8) is 0 Å². The van der Waals surface area contributed by atoms with Gasteiger partial charge in [-0.25, -0.2) is 14.4 Å². The first-order valence-electron chi connectivity index (χ1n) is 27.3. The number of nitrogens with one attached hydrogen (secondary N) is 1. The molecule has 2 saturated carbocycles. The van der Waals surface area contributed by atoms with Crippen molar-refractivity contribution in [1.82, 2.24) is 5.32 Å². The van der Waals surface area contributed by atoms with Crippen LogP contribution in [0.15, 0.2) is 22.8 Å². The standard InChI is InChI=1S/C56H95NO15Si2/c1-23-73(24-2,25-3)71-41-28-42-55(30-65-42,69-38(16)59)47-49(68-43(60)27-32(6)7)56(64)29-40(36(14)44(53(56,20)21)46(66-37(15)58)48(61)54(41,47)22)67-50(62)45(72-74(33(8)9,34(10)11)35(12)13)39(26-31(4)5)57-51(63)70-52(17,18)19/h27,31,33-35,39-42,45-47,49,64H,23-26,28-30H2,1-22H3,(H,57,63)/t39-,40-,41-,42+,45+,46+,47?,49?,54+,55-,56+/m0/s1. The molecule has 74 heavy (non-hydrogen) atoms. The van der Waals surface area contributed by atoms with Crippen LogP contribution in [0.25, 0.3) is 0 Å². The smallest absolute Gasteiger partial charge is 0.407 e. The minimum atomic E-state index is -2.98. The van der Waals surface area contributed by atoms with Crippen LogP contribution in [0.5, 0.6) is 0 Å². The van der Waals surface area contributed by atoms with Gasteiger partial charge in [0, 0.05) is 38.2 Å². The summed E-state index contributed by atoms with van der Waals surface area (Å²) < 4.78 is 52.8. The second-order valence-corrected chi connectivity index (χ2v) is 35.3. The molecule has 18 heteroatoms. The zero-order chi connectivity index (χ0) is 56.6. The van der Waals surface area contributed by atoms with E-state index in [2.05, 4.69) is 67.6 Å². The summed E-state index contributed by atoms with van der Waals surface area (Å²) in [6, 6.07) is 1.16. The number of amides is 1. The van der Waals surface area contributed by atoms with E-state index in [4.69, 9.17) is 37.3 Å². The molecule has 11 atom stereocenters. The van der Waals surface area contributed by atoms with E-state index in [1.54, 1.807) is 62.3 Å². The van der Waals surface area contributed by atoms with Gasteiger partial charge < -0.3 is 47.7 Å². The van der Waals surface area contributed by atoms with Crippen LogP contribution >= 0.6 is 0 Å². The Morgan fingerprint density at radius 2 is 1.41 bits per heavy atom. The average Bonchev–Trinajstić information content (AvgIpc) is 3.24. The van der Waals surface area contributed by atoms with Crippen LogP contribution in [0.1, 0.15) is 172 Å². The Morgan fingerprint density at radius 1 is 0.851 bits per heavy atom. The van der Waals surface area contributed by atoms with E-state index in [-0.39, 0.29) is 47.6 Å². The number of allylic oxidation sites excluding steroid dienone is 1. The van der Waals surface area contributed by atoms with E-state index < -0.39 is 135 Å². The van der Waals surface area contributed by atoms with E-state index in [1.165, 1.54) is 19.9 Å². The van der Waals surface area contributed by atoms with Gasteiger partial charge in [-0.2, -0.15) is 0 Å². The summed E-state index contributed by atoms with van der Waals surface area (Å²) >= 11 is 0. The van der Waals surface area contributed by atoms with Crippen molar-refractivity contribution in [2.24, 2.45) is 22.7 Å². The minimum absolute atomic E-state index is 0.00120. The summed E-state index contributed by atoms with van der Waals surface area (Å²) in [5, 5.41) is 17.3. The first-order chi connectivity index (χ1) is 33.9. The van der Waals surface area contributed by atoms with Gasteiger partial charge >= 0.3 is 30.0 Å². The summed E-state index contributed by atoms with van der Waals surface area (Å²) in [5.74, 6) is -5.22. The molecule has 3 aliphatic carbocycles. The van der Waals surface area contributed by atoms with Gasteiger partial charge in [0.1, 0.15) is 29.5 Å². The second-order valence-electron chi connectivity index (χ2n) is 25.1. The third kappa shape index (κ3) is 12.0. The van der Waals surface area contributed by atoms with E-state index in [0.717, 1.165) is 0 Å². The van der Waals surface area contributed by atoms with Crippen molar-refractivity contribution >= 4 is 52.4 Å². The Labute approximate surface area is 445 Å². The predicted molar refractivity (Wildman–Crippen MR) is 287 cm³/mol. The zero-order valence-corrected chi connectivity index (χ0v) is 51.1. The summed E-state index contributed by atoms with van der Waals surface area (Å²) in [6.07, 6.45) is -7.45. The maximum atomic E-state index is 16.5. The topological polar surface area (TPSA) is 209 Å². The third-order valence-electron chi connectivity index (χ3n) is 17.2. The lowest BCUT2D eigenvalue weighted by atomic mass is 9.44. The molecule has 0 spiro atoms. The highest BCUT2D eigenvalue weighted by atomic mass is 28.4. The van der Waals surface area contributed by atoms with Gasteiger partial charge in [-0.05, 0) is 107 Å². The van der Waals surface area contributed by atoms with Crippen LogP contribution in [0.2, 0.25) is 34.8 Å². The fourth-order valence-corrected chi connectivity index (χ4v) is 21.9. The number of carbonyl (C=O) groups excluding carboxylic acids is 6. The molecule has 2 N–H and O–H groups in total. The monoisotopic (exact) mass is 1080 g/mol. The lowest BCUT2D eigenvalue weighted by Gasteiger charge is -2.68. The Kier molecular flexibility index (Phi) is 19.8. The largest absolute Gasteiger partial charge is 0.456 e. The fourth-order valence-electron chi connectivity index (χ4n) is 13.5. The molecule has 2 unspecified atom stereocenters. The Hall–Kier alpha value is -3.43. The van der Waals surface area contributed by atoms with Gasteiger partial charge in [0.15, 0.2) is 31.9 Å². The molecule has 4 rings (SSSR count). The maximum absolute atomic E-state index is 16.5. The molecule has 0 aromatic heterocycles. The van der Waals surface area contributed by atoms with Crippen LogP contribution in [-0.2, 0) is 61.2 Å². The molecule has 1 aliphatic heterocycles. The second kappa shape index (κ2) is 23.3.